The highest BCUT2D eigenvalue weighted by Crippen LogP contribution is 2.23. The predicted molar refractivity (Wildman–Crippen MR) is 57.8 cm³/mol. The van der Waals surface area contributed by atoms with Gasteiger partial charge in [0.25, 0.3) is 0 Å². The van der Waals surface area contributed by atoms with Crippen LogP contribution in [0.2, 0.25) is 0 Å². The molecule has 0 aliphatic carbocycles. The van der Waals surface area contributed by atoms with Gasteiger partial charge in [0.15, 0.2) is 0 Å². The van der Waals surface area contributed by atoms with E-state index in [-0.39, 0.29) is 0 Å². The van der Waals surface area contributed by atoms with Gasteiger partial charge in [0, 0.05) is 24.5 Å². The lowest BCUT2D eigenvalue weighted by atomic mass is 10.1. The first kappa shape index (κ1) is 9.47. The van der Waals surface area contributed by atoms with Crippen molar-refractivity contribution in [3.8, 4) is 11.4 Å². The van der Waals surface area contributed by atoms with Gasteiger partial charge in [0.1, 0.15) is 0 Å². The van der Waals surface area contributed by atoms with E-state index in [2.05, 4.69) is 20.4 Å². The minimum atomic E-state index is 0.364. The Balaban J connectivity index is 1.87. The van der Waals surface area contributed by atoms with Gasteiger partial charge in [-0.15, -0.1) is 0 Å². The van der Waals surface area contributed by atoms with E-state index in [0.29, 0.717) is 11.7 Å². The summed E-state index contributed by atoms with van der Waals surface area (Å²) in [6, 6.07) is 3.75. The van der Waals surface area contributed by atoms with E-state index in [1.165, 1.54) is 0 Å². The molecule has 1 fully saturated rings. The molecule has 3 rings (SSSR count). The van der Waals surface area contributed by atoms with Gasteiger partial charge in [-0.1, -0.05) is 5.16 Å². The van der Waals surface area contributed by atoms with E-state index in [4.69, 9.17) is 4.52 Å². The van der Waals surface area contributed by atoms with Crippen LogP contribution < -0.4 is 5.32 Å². The van der Waals surface area contributed by atoms with Gasteiger partial charge >= 0.3 is 0 Å². The fourth-order valence-electron chi connectivity index (χ4n) is 1.88. The average molecular weight is 216 g/mol. The zero-order valence-electron chi connectivity index (χ0n) is 8.76. The van der Waals surface area contributed by atoms with Crippen LogP contribution in [0.5, 0.6) is 0 Å². The highest BCUT2D eigenvalue weighted by molar-refractivity contribution is 5.52. The second-order valence-electron chi connectivity index (χ2n) is 3.88. The topological polar surface area (TPSA) is 63.8 Å². The number of aromatic nitrogens is 3. The van der Waals surface area contributed by atoms with Crippen molar-refractivity contribution < 1.29 is 4.52 Å². The fraction of sp³-hybridized carbons (Fsp3) is 0.364. The Kier molecular flexibility index (Phi) is 2.38. The summed E-state index contributed by atoms with van der Waals surface area (Å²) in [6.07, 6.45) is 4.52. The fourth-order valence-corrected chi connectivity index (χ4v) is 1.88. The third-order valence-electron chi connectivity index (χ3n) is 2.79. The molecule has 1 aliphatic rings. The van der Waals surface area contributed by atoms with Crippen LogP contribution in [0.1, 0.15) is 18.2 Å². The minimum Gasteiger partial charge on any atom is -0.339 e. The molecule has 0 unspecified atom stereocenters. The molecule has 82 valence electrons. The van der Waals surface area contributed by atoms with Crippen molar-refractivity contribution in [3.05, 3.63) is 30.4 Å². The zero-order valence-corrected chi connectivity index (χ0v) is 8.76. The Morgan fingerprint density at radius 3 is 2.94 bits per heavy atom. The van der Waals surface area contributed by atoms with Gasteiger partial charge in [-0.2, -0.15) is 4.98 Å². The Bertz CT molecular complexity index is 462. The number of hydrogen-bond donors (Lipinski definition) is 1. The molecule has 2 aromatic heterocycles. The molecule has 0 radical (unpaired) electrons. The number of hydrogen-bond acceptors (Lipinski definition) is 5. The van der Waals surface area contributed by atoms with Crippen LogP contribution in [0.25, 0.3) is 11.4 Å². The highest BCUT2D eigenvalue weighted by atomic mass is 16.5. The van der Waals surface area contributed by atoms with Crippen molar-refractivity contribution in [3.63, 3.8) is 0 Å². The lowest BCUT2D eigenvalue weighted by Gasteiger charge is -1.98. The lowest BCUT2D eigenvalue weighted by Crippen LogP contribution is -2.08. The van der Waals surface area contributed by atoms with Crippen molar-refractivity contribution in [1.82, 2.24) is 20.4 Å². The van der Waals surface area contributed by atoms with E-state index in [0.717, 1.165) is 31.0 Å². The quantitative estimate of drug-likeness (QED) is 0.817. The monoisotopic (exact) mass is 216 g/mol. The molecule has 0 aromatic carbocycles. The Labute approximate surface area is 92.9 Å². The molecule has 3 heterocycles. The molecule has 16 heavy (non-hydrogen) atoms. The van der Waals surface area contributed by atoms with Crippen LogP contribution in [0.4, 0.5) is 0 Å². The van der Waals surface area contributed by atoms with Gasteiger partial charge in [0.2, 0.25) is 11.7 Å². The first-order chi connectivity index (χ1) is 7.93. The van der Waals surface area contributed by atoms with Crippen LogP contribution in [-0.2, 0) is 0 Å². The molecule has 5 nitrogen and oxygen atoms in total. The maximum atomic E-state index is 5.28. The normalized spacial score (nSPS) is 20.1. The number of pyridine rings is 1. The molecule has 0 saturated carbocycles. The molecule has 1 N–H and O–H groups in total. The molecule has 1 atom stereocenters. The highest BCUT2D eigenvalue weighted by Gasteiger charge is 2.22. The molecule has 0 spiro atoms. The standard InChI is InChI=1S/C11H12N4O/c1-4-12-5-2-8(1)10-14-11(16-15-10)9-3-6-13-7-9/h1-2,4-5,9,13H,3,6-7H2/t9-/m1/s1. The summed E-state index contributed by atoms with van der Waals surface area (Å²) < 4.78 is 5.28. The first-order valence-electron chi connectivity index (χ1n) is 5.38. The van der Waals surface area contributed by atoms with Gasteiger partial charge in [-0.3, -0.25) is 4.98 Å². The van der Waals surface area contributed by atoms with Crippen LogP contribution >= 0.6 is 0 Å². The minimum absolute atomic E-state index is 0.364. The molecule has 5 heteroatoms. The SMILES string of the molecule is c1cc(-c2noc([C@@H]3CCNC3)n2)ccn1. The van der Waals surface area contributed by atoms with E-state index >= 15 is 0 Å². The molecular formula is C11H12N4O. The maximum Gasteiger partial charge on any atom is 0.231 e. The van der Waals surface area contributed by atoms with Crippen molar-refractivity contribution in [2.75, 3.05) is 13.1 Å². The van der Waals surface area contributed by atoms with Gasteiger partial charge in [-0.05, 0) is 25.1 Å². The summed E-state index contributed by atoms with van der Waals surface area (Å²) in [4.78, 5) is 8.38. The van der Waals surface area contributed by atoms with Crippen LogP contribution in [0, 0.1) is 0 Å². The van der Waals surface area contributed by atoms with Crippen LogP contribution in [0.3, 0.4) is 0 Å². The van der Waals surface area contributed by atoms with E-state index < -0.39 is 0 Å². The summed E-state index contributed by atoms with van der Waals surface area (Å²) >= 11 is 0. The summed E-state index contributed by atoms with van der Waals surface area (Å²) in [7, 11) is 0. The summed E-state index contributed by atoms with van der Waals surface area (Å²) in [6.45, 7) is 1.95. The smallest absolute Gasteiger partial charge is 0.231 e. The van der Waals surface area contributed by atoms with Crippen molar-refractivity contribution in [1.29, 1.82) is 0 Å². The largest absolute Gasteiger partial charge is 0.339 e. The van der Waals surface area contributed by atoms with Crippen molar-refractivity contribution >= 4 is 0 Å². The maximum absolute atomic E-state index is 5.28. The molecule has 0 bridgehead atoms. The van der Waals surface area contributed by atoms with Gasteiger partial charge in [0.05, 0.1) is 5.92 Å². The Morgan fingerprint density at radius 1 is 1.31 bits per heavy atom. The third-order valence-corrected chi connectivity index (χ3v) is 2.79. The first-order valence-corrected chi connectivity index (χ1v) is 5.38. The lowest BCUT2D eigenvalue weighted by molar-refractivity contribution is 0.359. The molecular weight excluding hydrogens is 204 g/mol. The van der Waals surface area contributed by atoms with E-state index in [9.17, 15) is 0 Å². The average Bonchev–Trinajstić information content (AvgIpc) is 3.01. The Morgan fingerprint density at radius 2 is 2.19 bits per heavy atom. The molecule has 0 amide bonds. The van der Waals surface area contributed by atoms with E-state index in [1.54, 1.807) is 12.4 Å². The number of nitrogens with zero attached hydrogens (tertiary/aromatic N) is 3. The summed E-state index contributed by atoms with van der Waals surface area (Å²) in [5, 5.41) is 7.27. The molecule has 2 aromatic rings. The second-order valence-corrected chi connectivity index (χ2v) is 3.88. The number of nitrogens with one attached hydrogen (secondary N) is 1. The molecule has 1 saturated heterocycles. The second kappa shape index (κ2) is 4.02. The number of rotatable bonds is 2. The van der Waals surface area contributed by atoms with Crippen molar-refractivity contribution in [2.45, 2.75) is 12.3 Å². The van der Waals surface area contributed by atoms with Gasteiger partial charge < -0.3 is 9.84 Å². The molecule has 1 aliphatic heterocycles. The predicted octanol–water partition coefficient (Wildman–Crippen LogP) is 1.21. The van der Waals surface area contributed by atoms with E-state index in [1.807, 2.05) is 12.1 Å². The third kappa shape index (κ3) is 1.69. The van der Waals surface area contributed by atoms with Crippen molar-refractivity contribution in [2.24, 2.45) is 0 Å². The zero-order chi connectivity index (χ0) is 10.8. The summed E-state index contributed by atoms with van der Waals surface area (Å²) in [5.41, 5.74) is 0.941. The summed E-state index contributed by atoms with van der Waals surface area (Å²) in [5.74, 6) is 1.74. The Hall–Kier alpha value is -1.75. The van der Waals surface area contributed by atoms with Gasteiger partial charge in [-0.25, -0.2) is 0 Å². The van der Waals surface area contributed by atoms with Crippen LogP contribution in [0.15, 0.2) is 29.0 Å². The van der Waals surface area contributed by atoms with Crippen LogP contribution in [-0.4, -0.2) is 28.2 Å².